The van der Waals surface area contributed by atoms with Crippen LogP contribution in [0.5, 0.6) is 5.75 Å². The largest absolute Gasteiger partial charge is 0.487 e. The van der Waals surface area contributed by atoms with Crippen LogP contribution in [0.3, 0.4) is 0 Å². The Hall–Kier alpha value is -3.80. The Bertz CT molecular complexity index is 1060. The number of anilines is 1. The lowest BCUT2D eigenvalue weighted by Gasteiger charge is -2.34. The average molecular weight is 430 g/mol. The summed E-state index contributed by atoms with van der Waals surface area (Å²) in [6, 6.07) is 24.7. The molecule has 4 rings (SSSR count). The molecule has 6 heteroatoms. The quantitative estimate of drug-likeness (QED) is 0.647. The number of benzene rings is 3. The maximum absolute atomic E-state index is 12.9. The van der Waals surface area contributed by atoms with Gasteiger partial charge in [0, 0.05) is 31.7 Å². The van der Waals surface area contributed by atoms with Gasteiger partial charge in [-0.2, -0.15) is 0 Å². The van der Waals surface area contributed by atoms with E-state index in [0.717, 1.165) is 11.1 Å². The van der Waals surface area contributed by atoms with Gasteiger partial charge in [0.2, 0.25) is 0 Å². The van der Waals surface area contributed by atoms with Gasteiger partial charge in [-0.05, 0) is 42.3 Å². The summed E-state index contributed by atoms with van der Waals surface area (Å²) >= 11 is 0. The van der Waals surface area contributed by atoms with E-state index in [1.165, 1.54) is 0 Å². The van der Waals surface area contributed by atoms with Gasteiger partial charge in [0.05, 0.1) is 5.69 Å². The van der Waals surface area contributed by atoms with Crippen molar-refractivity contribution in [2.24, 2.45) is 0 Å². The number of hydrogen-bond donors (Lipinski definition) is 1. The van der Waals surface area contributed by atoms with Crippen LogP contribution in [-0.4, -0.2) is 47.9 Å². The minimum Gasteiger partial charge on any atom is -0.487 e. The first-order chi connectivity index (χ1) is 15.6. The molecule has 0 saturated carbocycles. The number of aryl methyl sites for hydroxylation is 1. The number of rotatable bonds is 5. The van der Waals surface area contributed by atoms with Gasteiger partial charge in [0.15, 0.2) is 0 Å². The van der Waals surface area contributed by atoms with Crippen molar-refractivity contribution in [2.45, 2.75) is 13.5 Å². The summed E-state index contributed by atoms with van der Waals surface area (Å²) in [6.07, 6.45) is 0. The predicted molar refractivity (Wildman–Crippen MR) is 125 cm³/mol. The first-order valence-corrected chi connectivity index (χ1v) is 10.8. The Morgan fingerprint density at radius 2 is 1.47 bits per heavy atom. The second-order valence-electron chi connectivity index (χ2n) is 7.85. The Morgan fingerprint density at radius 1 is 0.844 bits per heavy atom. The van der Waals surface area contributed by atoms with Crippen LogP contribution >= 0.6 is 0 Å². The van der Waals surface area contributed by atoms with Crippen LogP contribution in [0.15, 0.2) is 78.9 Å². The van der Waals surface area contributed by atoms with Crippen molar-refractivity contribution in [3.63, 3.8) is 0 Å². The molecule has 0 bridgehead atoms. The van der Waals surface area contributed by atoms with E-state index in [9.17, 15) is 9.59 Å². The Balaban J connectivity index is 1.35. The molecule has 0 aromatic heterocycles. The third kappa shape index (κ3) is 5.27. The number of nitrogens with one attached hydrogen (secondary N) is 1. The molecule has 3 aromatic rings. The van der Waals surface area contributed by atoms with Crippen molar-refractivity contribution >= 4 is 17.6 Å². The molecule has 6 nitrogen and oxygen atoms in total. The van der Waals surface area contributed by atoms with Crippen LogP contribution in [0.1, 0.15) is 21.5 Å². The lowest BCUT2D eigenvalue weighted by atomic mass is 10.2. The fraction of sp³-hybridized carbons (Fsp3) is 0.231. The van der Waals surface area contributed by atoms with E-state index in [1.54, 1.807) is 9.80 Å². The fourth-order valence-electron chi connectivity index (χ4n) is 3.66. The van der Waals surface area contributed by atoms with E-state index < -0.39 is 0 Å². The molecule has 0 spiro atoms. The summed E-state index contributed by atoms with van der Waals surface area (Å²) in [7, 11) is 0. The van der Waals surface area contributed by atoms with Crippen molar-refractivity contribution < 1.29 is 14.3 Å². The minimum absolute atomic E-state index is 0.000732. The molecule has 3 amide bonds. The summed E-state index contributed by atoms with van der Waals surface area (Å²) in [6.45, 7) is 4.39. The van der Waals surface area contributed by atoms with Gasteiger partial charge in [-0.1, -0.05) is 54.6 Å². The summed E-state index contributed by atoms with van der Waals surface area (Å²) in [5.74, 6) is 0.640. The molecule has 1 heterocycles. The highest BCUT2D eigenvalue weighted by Crippen LogP contribution is 2.27. The molecule has 0 atom stereocenters. The number of hydrogen-bond acceptors (Lipinski definition) is 3. The van der Waals surface area contributed by atoms with E-state index >= 15 is 0 Å². The third-order valence-electron chi connectivity index (χ3n) is 5.49. The molecule has 1 saturated heterocycles. The molecule has 0 aliphatic carbocycles. The van der Waals surface area contributed by atoms with Gasteiger partial charge in [-0.15, -0.1) is 0 Å². The van der Waals surface area contributed by atoms with Crippen molar-refractivity contribution in [3.8, 4) is 5.75 Å². The van der Waals surface area contributed by atoms with Gasteiger partial charge in [0.25, 0.3) is 5.91 Å². The zero-order valence-corrected chi connectivity index (χ0v) is 18.2. The summed E-state index contributed by atoms with van der Waals surface area (Å²) in [5, 5.41) is 2.98. The maximum Gasteiger partial charge on any atom is 0.322 e. The van der Waals surface area contributed by atoms with E-state index in [2.05, 4.69) is 5.32 Å². The maximum atomic E-state index is 12.9. The molecule has 32 heavy (non-hydrogen) atoms. The zero-order valence-electron chi connectivity index (χ0n) is 18.2. The number of amides is 3. The Morgan fingerprint density at radius 3 is 2.16 bits per heavy atom. The van der Waals surface area contributed by atoms with Crippen molar-refractivity contribution in [3.05, 3.63) is 95.6 Å². The summed E-state index contributed by atoms with van der Waals surface area (Å²) in [4.78, 5) is 29.0. The molecule has 0 radical (unpaired) electrons. The van der Waals surface area contributed by atoms with Crippen LogP contribution in [0, 0.1) is 6.92 Å². The van der Waals surface area contributed by atoms with Gasteiger partial charge in [0.1, 0.15) is 12.4 Å². The fourth-order valence-corrected chi connectivity index (χ4v) is 3.66. The standard InChI is InChI=1S/C26H27N3O3/c1-20-12-13-23(24(18-20)32-19-21-8-4-2-5-9-21)27-26(31)29-16-14-28(15-17-29)25(30)22-10-6-3-7-11-22/h2-13,18H,14-17,19H2,1H3,(H,27,31). The molecule has 1 N–H and O–H groups in total. The molecule has 1 fully saturated rings. The van der Waals surface area contributed by atoms with Crippen LogP contribution < -0.4 is 10.1 Å². The van der Waals surface area contributed by atoms with Gasteiger partial charge in [-0.25, -0.2) is 4.79 Å². The zero-order chi connectivity index (χ0) is 22.3. The Labute approximate surface area is 188 Å². The Kier molecular flexibility index (Phi) is 6.70. The van der Waals surface area contributed by atoms with Crippen LogP contribution in [0.25, 0.3) is 0 Å². The normalized spacial score (nSPS) is 13.5. The van der Waals surface area contributed by atoms with Crippen molar-refractivity contribution in [1.82, 2.24) is 9.80 Å². The molecule has 1 aliphatic rings. The van der Waals surface area contributed by atoms with E-state index in [-0.39, 0.29) is 11.9 Å². The van der Waals surface area contributed by atoms with Crippen molar-refractivity contribution in [2.75, 3.05) is 31.5 Å². The number of urea groups is 1. The molecule has 164 valence electrons. The minimum atomic E-state index is -0.190. The van der Waals surface area contributed by atoms with Crippen LogP contribution in [0.2, 0.25) is 0 Å². The van der Waals surface area contributed by atoms with Gasteiger partial charge >= 0.3 is 6.03 Å². The highest BCUT2D eigenvalue weighted by Gasteiger charge is 2.25. The number of ether oxygens (including phenoxy) is 1. The summed E-state index contributed by atoms with van der Waals surface area (Å²) in [5.41, 5.74) is 3.43. The smallest absolute Gasteiger partial charge is 0.322 e. The van der Waals surface area contributed by atoms with E-state index in [0.29, 0.717) is 49.8 Å². The number of carbonyl (C=O) groups is 2. The van der Waals surface area contributed by atoms with E-state index in [1.807, 2.05) is 85.8 Å². The lowest BCUT2D eigenvalue weighted by molar-refractivity contribution is 0.0671. The second-order valence-corrected chi connectivity index (χ2v) is 7.85. The topological polar surface area (TPSA) is 61.9 Å². The number of nitrogens with zero attached hydrogens (tertiary/aromatic N) is 2. The van der Waals surface area contributed by atoms with Gasteiger partial charge in [-0.3, -0.25) is 4.79 Å². The molecule has 1 aliphatic heterocycles. The SMILES string of the molecule is Cc1ccc(NC(=O)N2CCN(C(=O)c3ccccc3)CC2)c(OCc2ccccc2)c1. The summed E-state index contributed by atoms with van der Waals surface area (Å²) < 4.78 is 6.00. The van der Waals surface area contributed by atoms with Crippen LogP contribution in [0.4, 0.5) is 10.5 Å². The van der Waals surface area contributed by atoms with Crippen LogP contribution in [-0.2, 0) is 6.61 Å². The molecule has 0 unspecified atom stereocenters. The third-order valence-corrected chi connectivity index (χ3v) is 5.49. The first-order valence-electron chi connectivity index (χ1n) is 10.8. The first kappa shape index (κ1) is 21.4. The molecular weight excluding hydrogens is 402 g/mol. The average Bonchev–Trinajstić information content (AvgIpc) is 2.85. The van der Waals surface area contributed by atoms with Crippen molar-refractivity contribution in [1.29, 1.82) is 0 Å². The molecular formula is C26H27N3O3. The van der Waals surface area contributed by atoms with Gasteiger partial charge < -0.3 is 19.9 Å². The highest BCUT2D eigenvalue weighted by molar-refractivity contribution is 5.95. The number of piperazine rings is 1. The predicted octanol–water partition coefficient (Wildman–Crippen LogP) is 4.56. The van der Waals surface area contributed by atoms with E-state index in [4.69, 9.17) is 4.74 Å². The monoisotopic (exact) mass is 429 g/mol. The highest BCUT2D eigenvalue weighted by atomic mass is 16.5. The lowest BCUT2D eigenvalue weighted by Crippen LogP contribution is -2.51. The number of carbonyl (C=O) groups excluding carboxylic acids is 2. The second kappa shape index (κ2) is 10.0. The molecule has 3 aromatic carbocycles.